The van der Waals surface area contributed by atoms with Gasteiger partial charge < -0.3 is 0 Å². The minimum atomic E-state index is 0.741. The van der Waals surface area contributed by atoms with E-state index in [9.17, 15) is 0 Å². The van der Waals surface area contributed by atoms with Crippen molar-refractivity contribution in [3.8, 4) is 56.0 Å². The standard InChI is InChI=1S/C40H26N2S/c1-3-11-27(12-4-1)29-21-23-30(24-22-29)39-41-38(37-35-19-7-8-20-36(35)43-40(37)42-39)34-18-10-17-33(26-34)32-16-9-15-31(25-32)28-13-5-2-6-14-28/h1-26H. The van der Waals surface area contributed by atoms with E-state index < -0.39 is 0 Å². The maximum Gasteiger partial charge on any atom is 0.161 e. The Morgan fingerprint density at radius 3 is 1.56 bits per heavy atom. The largest absolute Gasteiger partial charge is 0.227 e. The fourth-order valence-electron chi connectivity index (χ4n) is 5.76. The second-order valence-corrected chi connectivity index (χ2v) is 11.7. The molecule has 43 heavy (non-hydrogen) atoms. The molecule has 2 aromatic heterocycles. The van der Waals surface area contributed by atoms with Crippen molar-refractivity contribution in [1.82, 2.24) is 9.97 Å². The van der Waals surface area contributed by atoms with Gasteiger partial charge in [0.25, 0.3) is 0 Å². The van der Waals surface area contributed by atoms with Crippen molar-refractivity contribution >= 4 is 31.6 Å². The molecule has 0 N–H and O–H groups in total. The molecule has 0 fully saturated rings. The highest BCUT2D eigenvalue weighted by Crippen LogP contribution is 2.40. The zero-order valence-corrected chi connectivity index (χ0v) is 24.1. The third kappa shape index (κ3) is 4.80. The van der Waals surface area contributed by atoms with Crippen LogP contribution in [0.15, 0.2) is 158 Å². The van der Waals surface area contributed by atoms with Gasteiger partial charge in [-0.3, -0.25) is 0 Å². The van der Waals surface area contributed by atoms with Crippen molar-refractivity contribution in [1.29, 1.82) is 0 Å². The Bertz CT molecular complexity index is 2220. The summed E-state index contributed by atoms with van der Waals surface area (Å²) in [5.74, 6) is 0.741. The molecule has 0 atom stereocenters. The fraction of sp³-hybridized carbons (Fsp3) is 0. The van der Waals surface area contributed by atoms with Gasteiger partial charge in [-0.25, -0.2) is 9.97 Å². The summed E-state index contributed by atoms with van der Waals surface area (Å²) in [6, 6.07) is 55.6. The number of nitrogens with zero attached hydrogens (tertiary/aromatic N) is 2. The Kier molecular flexibility index (Phi) is 6.36. The molecule has 6 aromatic carbocycles. The van der Waals surface area contributed by atoms with Gasteiger partial charge in [0.1, 0.15) is 4.83 Å². The zero-order chi connectivity index (χ0) is 28.6. The van der Waals surface area contributed by atoms with Gasteiger partial charge in [-0.1, -0.05) is 140 Å². The van der Waals surface area contributed by atoms with E-state index in [1.807, 2.05) is 6.07 Å². The van der Waals surface area contributed by atoms with Crippen molar-refractivity contribution in [3.05, 3.63) is 158 Å². The minimum Gasteiger partial charge on any atom is -0.227 e. The number of benzene rings is 6. The number of fused-ring (bicyclic) bond motifs is 3. The molecule has 202 valence electrons. The molecule has 0 aliphatic heterocycles. The molecule has 0 saturated heterocycles. The highest BCUT2D eigenvalue weighted by atomic mass is 32.1. The van der Waals surface area contributed by atoms with Gasteiger partial charge in [-0.2, -0.15) is 0 Å². The van der Waals surface area contributed by atoms with Gasteiger partial charge >= 0.3 is 0 Å². The van der Waals surface area contributed by atoms with Crippen LogP contribution >= 0.6 is 11.3 Å². The Balaban J connectivity index is 1.27. The van der Waals surface area contributed by atoms with Crippen molar-refractivity contribution in [2.24, 2.45) is 0 Å². The molecule has 0 spiro atoms. The van der Waals surface area contributed by atoms with E-state index in [1.54, 1.807) is 11.3 Å². The molecular weight excluding hydrogens is 541 g/mol. The van der Waals surface area contributed by atoms with Crippen LogP contribution in [0.5, 0.6) is 0 Å². The van der Waals surface area contributed by atoms with Gasteiger partial charge in [-0.05, 0) is 51.6 Å². The summed E-state index contributed by atoms with van der Waals surface area (Å²) >= 11 is 1.73. The maximum absolute atomic E-state index is 5.26. The van der Waals surface area contributed by atoms with E-state index in [1.165, 1.54) is 37.9 Å². The second-order valence-electron chi connectivity index (χ2n) is 10.6. The van der Waals surface area contributed by atoms with Crippen LogP contribution in [0.2, 0.25) is 0 Å². The van der Waals surface area contributed by atoms with Gasteiger partial charge in [0.2, 0.25) is 0 Å². The van der Waals surface area contributed by atoms with Gasteiger partial charge in [0, 0.05) is 26.6 Å². The highest BCUT2D eigenvalue weighted by Gasteiger charge is 2.17. The van der Waals surface area contributed by atoms with E-state index in [0.717, 1.165) is 38.4 Å². The minimum absolute atomic E-state index is 0.741. The van der Waals surface area contributed by atoms with Crippen LogP contribution in [0.3, 0.4) is 0 Å². The Morgan fingerprint density at radius 1 is 0.372 bits per heavy atom. The number of rotatable bonds is 5. The summed E-state index contributed by atoms with van der Waals surface area (Å²) in [6.07, 6.45) is 0. The first-order chi connectivity index (χ1) is 21.3. The van der Waals surface area contributed by atoms with Crippen LogP contribution in [0.4, 0.5) is 0 Å². The molecule has 0 aliphatic carbocycles. The lowest BCUT2D eigenvalue weighted by molar-refractivity contribution is 1.24. The second kappa shape index (κ2) is 10.8. The molecule has 2 heterocycles. The van der Waals surface area contributed by atoms with Gasteiger partial charge in [-0.15, -0.1) is 11.3 Å². The third-order valence-corrected chi connectivity index (χ3v) is 8.99. The Morgan fingerprint density at radius 2 is 0.860 bits per heavy atom. The van der Waals surface area contributed by atoms with E-state index in [2.05, 4.69) is 152 Å². The van der Waals surface area contributed by atoms with Crippen molar-refractivity contribution < 1.29 is 0 Å². The molecule has 0 bridgehead atoms. The third-order valence-electron chi connectivity index (χ3n) is 7.93. The Labute approximate surface area is 254 Å². The average molecular weight is 567 g/mol. The van der Waals surface area contributed by atoms with Crippen LogP contribution < -0.4 is 0 Å². The predicted molar refractivity (Wildman–Crippen MR) is 182 cm³/mol. The summed E-state index contributed by atoms with van der Waals surface area (Å²) in [6.45, 7) is 0. The molecule has 0 unspecified atom stereocenters. The van der Waals surface area contributed by atoms with E-state index in [0.29, 0.717) is 0 Å². The summed E-state index contributed by atoms with van der Waals surface area (Å²) in [4.78, 5) is 11.4. The number of hydrogen-bond acceptors (Lipinski definition) is 3. The van der Waals surface area contributed by atoms with E-state index in [4.69, 9.17) is 9.97 Å². The van der Waals surface area contributed by atoms with Crippen LogP contribution in [0, 0.1) is 0 Å². The number of aromatic nitrogens is 2. The first-order valence-corrected chi connectivity index (χ1v) is 15.2. The van der Waals surface area contributed by atoms with E-state index in [-0.39, 0.29) is 0 Å². The SMILES string of the molecule is c1ccc(-c2ccc(-c3nc(-c4cccc(-c5cccc(-c6ccccc6)c5)c4)c4c(n3)sc3ccccc34)cc2)cc1. The zero-order valence-electron chi connectivity index (χ0n) is 23.3. The first kappa shape index (κ1) is 25.3. The van der Waals surface area contributed by atoms with Crippen LogP contribution in [0.25, 0.3) is 76.3 Å². The van der Waals surface area contributed by atoms with Crippen LogP contribution in [-0.2, 0) is 0 Å². The lowest BCUT2D eigenvalue weighted by atomic mass is 9.96. The van der Waals surface area contributed by atoms with Crippen LogP contribution in [-0.4, -0.2) is 9.97 Å². The molecule has 2 nitrogen and oxygen atoms in total. The molecule has 3 heteroatoms. The van der Waals surface area contributed by atoms with Crippen molar-refractivity contribution in [2.45, 2.75) is 0 Å². The maximum atomic E-state index is 5.26. The fourth-order valence-corrected chi connectivity index (χ4v) is 6.83. The quantitative estimate of drug-likeness (QED) is 0.207. The Hall–Kier alpha value is -5.38. The highest BCUT2D eigenvalue weighted by molar-refractivity contribution is 7.25. The number of thiophene rings is 1. The lowest BCUT2D eigenvalue weighted by Gasteiger charge is -2.11. The van der Waals surface area contributed by atoms with Gasteiger partial charge in [0.05, 0.1) is 5.69 Å². The molecule has 0 radical (unpaired) electrons. The van der Waals surface area contributed by atoms with Crippen molar-refractivity contribution in [3.63, 3.8) is 0 Å². The summed E-state index contributed by atoms with van der Waals surface area (Å²) in [7, 11) is 0. The predicted octanol–water partition coefficient (Wildman–Crippen LogP) is 11.2. The molecular formula is C40H26N2S. The molecule has 0 saturated carbocycles. The molecule has 0 aliphatic rings. The van der Waals surface area contributed by atoms with E-state index >= 15 is 0 Å². The normalized spacial score (nSPS) is 11.3. The monoisotopic (exact) mass is 566 g/mol. The topological polar surface area (TPSA) is 25.8 Å². The first-order valence-electron chi connectivity index (χ1n) is 14.4. The van der Waals surface area contributed by atoms with Crippen molar-refractivity contribution in [2.75, 3.05) is 0 Å². The smallest absolute Gasteiger partial charge is 0.161 e. The molecule has 8 rings (SSSR count). The average Bonchev–Trinajstić information content (AvgIpc) is 3.47. The van der Waals surface area contributed by atoms with Gasteiger partial charge in [0.15, 0.2) is 5.82 Å². The van der Waals surface area contributed by atoms with Crippen LogP contribution in [0.1, 0.15) is 0 Å². The number of hydrogen-bond donors (Lipinski definition) is 0. The summed E-state index contributed by atoms with van der Waals surface area (Å²) in [5.41, 5.74) is 10.2. The summed E-state index contributed by atoms with van der Waals surface area (Å²) < 4.78 is 1.22. The molecule has 0 amide bonds. The lowest BCUT2D eigenvalue weighted by Crippen LogP contribution is -1.94. The molecule has 8 aromatic rings. The summed E-state index contributed by atoms with van der Waals surface area (Å²) in [5, 5.41) is 2.31.